The van der Waals surface area contributed by atoms with Gasteiger partial charge in [0.1, 0.15) is 0 Å². The fourth-order valence-corrected chi connectivity index (χ4v) is 1.63. The summed E-state index contributed by atoms with van der Waals surface area (Å²) in [6.45, 7) is 4.19. The van der Waals surface area contributed by atoms with Crippen molar-refractivity contribution >= 4 is 0 Å². The van der Waals surface area contributed by atoms with Crippen LogP contribution in [0.4, 0.5) is 0 Å². The van der Waals surface area contributed by atoms with Crippen molar-refractivity contribution in [2.24, 2.45) is 5.92 Å². The average molecular weight is 125 g/mol. The summed E-state index contributed by atoms with van der Waals surface area (Å²) in [5.74, 6) is 1.10. The summed E-state index contributed by atoms with van der Waals surface area (Å²) in [6, 6.07) is 0. The average Bonchev–Trinajstić information content (AvgIpc) is 2.46. The third-order valence-electron chi connectivity index (χ3n) is 2.41. The van der Waals surface area contributed by atoms with Crippen molar-refractivity contribution in [1.29, 1.82) is 0 Å². The van der Waals surface area contributed by atoms with Gasteiger partial charge in [0.25, 0.3) is 0 Å². The molecule has 1 nitrogen and oxygen atoms in total. The maximum atomic E-state index is 2.62. The first kappa shape index (κ1) is 5.72. The molecule has 52 valence electrons. The van der Waals surface area contributed by atoms with Crippen LogP contribution in [0.5, 0.6) is 0 Å². The Kier molecular flexibility index (Phi) is 1.46. The summed E-state index contributed by atoms with van der Waals surface area (Å²) in [5, 5.41) is 0. The van der Waals surface area contributed by atoms with Gasteiger partial charge in [-0.25, -0.2) is 0 Å². The molecular weight excluding hydrogens is 110 g/mol. The van der Waals surface area contributed by atoms with Crippen LogP contribution in [-0.2, 0) is 0 Å². The summed E-state index contributed by atoms with van der Waals surface area (Å²) in [7, 11) is 0. The lowest BCUT2D eigenvalue weighted by Crippen LogP contribution is -2.21. The highest BCUT2D eigenvalue weighted by atomic mass is 15.1. The number of likely N-dealkylation sites (tertiary alicyclic amines) is 1. The van der Waals surface area contributed by atoms with E-state index in [-0.39, 0.29) is 0 Å². The predicted octanol–water partition coefficient (Wildman–Crippen LogP) is 1.49. The van der Waals surface area contributed by atoms with Crippen LogP contribution in [0.1, 0.15) is 25.7 Å². The van der Waals surface area contributed by atoms with E-state index in [0.717, 1.165) is 5.92 Å². The largest absolute Gasteiger partial charge is 0.303 e. The molecule has 0 spiro atoms. The van der Waals surface area contributed by atoms with Gasteiger partial charge in [0.05, 0.1) is 0 Å². The lowest BCUT2D eigenvalue weighted by Gasteiger charge is -2.12. The maximum absolute atomic E-state index is 2.62. The Bertz CT molecular complexity index is 90.7. The Labute approximate surface area is 57.0 Å². The van der Waals surface area contributed by atoms with Crippen LogP contribution in [0.2, 0.25) is 0 Å². The molecule has 0 bridgehead atoms. The van der Waals surface area contributed by atoms with Crippen molar-refractivity contribution in [1.82, 2.24) is 4.90 Å². The van der Waals surface area contributed by atoms with Gasteiger partial charge >= 0.3 is 0 Å². The Morgan fingerprint density at radius 2 is 1.78 bits per heavy atom. The zero-order valence-electron chi connectivity index (χ0n) is 5.97. The van der Waals surface area contributed by atoms with E-state index in [0.29, 0.717) is 0 Å². The van der Waals surface area contributed by atoms with Crippen molar-refractivity contribution in [2.45, 2.75) is 25.7 Å². The van der Waals surface area contributed by atoms with Crippen molar-refractivity contribution in [3.05, 3.63) is 0 Å². The van der Waals surface area contributed by atoms with E-state index >= 15 is 0 Å². The Hall–Kier alpha value is -0.0400. The highest BCUT2D eigenvalue weighted by Gasteiger charge is 2.25. The van der Waals surface area contributed by atoms with Gasteiger partial charge in [0, 0.05) is 6.54 Å². The summed E-state index contributed by atoms with van der Waals surface area (Å²) < 4.78 is 0. The van der Waals surface area contributed by atoms with Crippen molar-refractivity contribution in [3.8, 4) is 0 Å². The first-order chi connectivity index (χ1) is 4.45. The summed E-state index contributed by atoms with van der Waals surface area (Å²) in [5.41, 5.74) is 0. The topological polar surface area (TPSA) is 3.24 Å². The van der Waals surface area contributed by atoms with Gasteiger partial charge < -0.3 is 4.90 Å². The van der Waals surface area contributed by atoms with Gasteiger partial charge in [0.2, 0.25) is 0 Å². The lowest BCUT2D eigenvalue weighted by atomic mass is 10.4. The van der Waals surface area contributed by atoms with Gasteiger partial charge in [-0.15, -0.1) is 0 Å². The molecule has 1 aliphatic carbocycles. The monoisotopic (exact) mass is 125 g/mol. The van der Waals surface area contributed by atoms with Gasteiger partial charge in [-0.1, -0.05) is 0 Å². The van der Waals surface area contributed by atoms with Crippen LogP contribution in [0.3, 0.4) is 0 Å². The van der Waals surface area contributed by atoms with Crippen molar-refractivity contribution < 1.29 is 0 Å². The van der Waals surface area contributed by atoms with E-state index in [4.69, 9.17) is 0 Å². The van der Waals surface area contributed by atoms with Gasteiger partial charge in [-0.05, 0) is 44.7 Å². The molecule has 0 unspecified atom stereocenters. The fourth-order valence-electron chi connectivity index (χ4n) is 1.63. The minimum atomic E-state index is 1.10. The van der Waals surface area contributed by atoms with Crippen LogP contribution in [-0.4, -0.2) is 24.5 Å². The Morgan fingerprint density at radius 1 is 1.11 bits per heavy atom. The SMILES string of the molecule is C1CCN(CC2CC2)C1. The molecule has 0 aromatic rings. The lowest BCUT2D eigenvalue weighted by molar-refractivity contribution is 0.324. The second-order valence-electron chi connectivity index (χ2n) is 3.45. The second kappa shape index (κ2) is 2.30. The molecule has 1 saturated carbocycles. The minimum Gasteiger partial charge on any atom is -0.303 e. The van der Waals surface area contributed by atoms with Crippen LogP contribution in [0.15, 0.2) is 0 Å². The molecule has 2 fully saturated rings. The molecule has 9 heavy (non-hydrogen) atoms. The molecule has 2 aliphatic rings. The molecule has 1 heteroatoms. The minimum absolute atomic E-state index is 1.10. The molecule has 0 radical (unpaired) electrons. The van der Waals surface area contributed by atoms with Crippen molar-refractivity contribution in [2.75, 3.05) is 19.6 Å². The molecule has 0 aromatic carbocycles. The number of rotatable bonds is 2. The molecule has 1 saturated heterocycles. The molecule has 2 rings (SSSR count). The summed E-state index contributed by atoms with van der Waals surface area (Å²) in [4.78, 5) is 2.62. The van der Waals surface area contributed by atoms with E-state index in [1.165, 1.54) is 45.3 Å². The summed E-state index contributed by atoms with van der Waals surface area (Å²) >= 11 is 0. The molecule has 0 atom stereocenters. The van der Waals surface area contributed by atoms with Crippen LogP contribution in [0.25, 0.3) is 0 Å². The molecule has 0 N–H and O–H groups in total. The molecule has 0 aromatic heterocycles. The Balaban J connectivity index is 1.70. The quantitative estimate of drug-likeness (QED) is 0.540. The second-order valence-corrected chi connectivity index (χ2v) is 3.45. The van der Waals surface area contributed by atoms with Crippen LogP contribution in [0, 0.1) is 5.92 Å². The smallest absolute Gasteiger partial charge is 0.000966 e. The van der Waals surface area contributed by atoms with Crippen molar-refractivity contribution in [3.63, 3.8) is 0 Å². The maximum Gasteiger partial charge on any atom is 0.000966 e. The highest BCUT2D eigenvalue weighted by Crippen LogP contribution is 2.30. The molecular formula is C8H15N. The number of hydrogen-bond acceptors (Lipinski definition) is 1. The molecule has 0 amide bonds. The van der Waals surface area contributed by atoms with Gasteiger partial charge in [-0.2, -0.15) is 0 Å². The van der Waals surface area contributed by atoms with E-state index in [1.807, 2.05) is 0 Å². The number of hydrogen-bond donors (Lipinski definition) is 0. The van der Waals surface area contributed by atoms with Gasteiger partial charge in [0.15, 0.2) is 0 Å². The normalized spacial score (nSPS) is 29.3. The van der Waals surface area contributed by atoms with E-state index in [1.54, 1.807) is 0 Å². The predicted molar refractivity (Wildman–Crippen MR) is 38.4 cm³/mol. The Morgan fingerprint density at radius 3 is 2.33 bits per heavy atom. The third-order valence-corrected chi connectivity index (χ3v) is 2.41. The van der Waals surface area contributed by atoms with Crippen LogP contribution >= 0.6 is 0 Å². The van der Waals surface area contributed by atoms with Crippen LogP contribution < -0.4 is 0 Å². The van der Waals surface area contributed by atoms with E-state index in [2.05, 4.69) is 4.90 Å². The highest BCUT2D eigenvalue weighted by molar-refractivity contribution is 4.79. The van der Waals surface area contributed by atoms with E-state index in [9.17, 15) is 0 Å². The standard InChI is InChI=1S/C8H15N/c1-2-6-9(5-1)7-8-3-4-8/h8H,1-7H2. The first-order valence-corrected chi connectivity index (χ1v) is 4.17. The van der Waals surface area contributed by atoms with E-state index < -0.39 is 0 Å². The zero-order valence-corrected chi connectivity index (χ0v) is 5.97. The molecule has 1 aliphatic heterocycles. The zero-order chi connectivity index (χ0) is 6.10. The van der Waals surface area contributed by atoms with Gasteiger partial charge in [-0.3, -0.25) is 0 Å². The molecule has 1 heterocycles. The number of nitrogens with zero attached hydrogens (tertiary/aromatic N) is 1. The third kappa shape index (κ3) is 1.45. The summed E-state index contributed by atoms with van der Waals surface area (Å²) in [6.07, 6.45) is 5.92. The first-order valence-electron chi connectivity index (χ1n) is 4.17. The fraction of sp³-hybridized carbons (Fsp3) is 1.00.